The summed E-state index contributed by atoms with van der Waals surface area (Å²) in [6, 6.07) is 19.5. The van der Waals surface area contributed by atoms with Crippen molar-refractivity contribution in [3.63, 3.8) is 0 Å². The first kappa shape index (κ1) is 18.2. The summed E-state index contributed by atoms with van der Waals surface area (Å²) in [5, 5.41) is 3.29. The van der Waals surface area contributed by atoms with E-state index >= 15 is 0 Å². The number of hydrogen-bond acceptors (Lipinski definition) is 2. The SMILES string of the molecule is O=C(CN1CCC(Cc2ccccc2)CC1)NC1CCCc2ccccc21. The zero-order chi connectivity index (χ0) is 18.5. The summed E-state index contributed by atoms with van der Waals surface area (Å²) in [4.78, 5) is 14.9. The van der Waals surface area contributed by atoms with Crippen molar-refractivity contribution in [3.8, 4) is 0 Å². The molecule has 1 atom stereocenters. The van der Waals surface area contributed by atoms with Crippen LogP contribution < -0.4 is 5.32 Å². The molecule has 0 spiro atoms. The van der Waals surface area contributed by atoms with E-state index in [4.69, 9.17) is 0 Å². The van der Waals surface area contributed by atoms with E-state index in [9.17, 15) is 4.79 Å². The van der Waals surface area contributed by atoms with E-state index in [0.29, 0.717) is 6.54 Å². The molecule has 1 saturated heterocycles. The van der Waals surface area contributed by atoms with Crippen LogP contribution >= 0.6 is 0 Å². The van der Waals surface area contributed by atoms with Crippen LogP contribution in [-0.4, -0.2) is 30.4 Å². The van der Waals surface area contributed by atoms with Gasteiger partial charge in [0.15, 0.2) is 0 Å². The number of benzene rings is 2. The maximum atomic E-state index is 12.6. The molecular weight excluding hydrogens is 332 g/mol. The fourth-order valence-corrected chi connectivity index (χ4v) is 4.64. The smallest absolute Gasteiger partial charge is 0.234 e. The molecule has 2 aromatic carbocycles. The first-order chi connectivity index (χ1) is 13.3. The van der Waals surface area contributed by atoms with Gasteiger partial charge in [-0.05, 0) is 74.2 Å². The predicted molar refractivity (Wildman–Crippen MR) is 110 cm³/mol. The molecule has 3 heteroatoms. The molecule has 1 fully saturated rings. The Hall–Kier alpha value is -2.13. The highest BCUT2D eigenvalue weighted by Gasteiger charge is 2.24. The average Bonchev–Trinajstić information content (AvgIpc) is 2.71. The van der Waals surface area contributed by atoms with Gasteiger partial charge in [-0.2, -0.15) is 0 Å². The highest BCUT2D eigenvalue weighted by molar-refractivity contribution is 5.78. The molecule has 1 aliphatic carbocycles. The van der Waals surface area contributed by atoms with Gasteiger partial charge in [0.1, 0.15) is 0 Å². The normalized spacial score (nSPS) is 20.8. The minimum absolute atomic E-state index is 0.179. The van der Waals surface area contributed by atoms with Gasteiger partial charge in [-0.1, -0.05) is 54.6 Å². The zero-order valence-electron chi connectivity index (χ0n) is 16.1. The van der Waals surface area contributed by atoms with Gasteiger partial charge in [0.25, 0.3) is 0 Å². The first-order valence-corrected chi connectivity index (χ1v) is 10.4. The number of carbonyl (C=O) groups is 1. The van der Waals surface area contributed by atoms with Crippen LogP contribution in [0.25, 0.3) is 0 Å². The largest absolute Gasteiger partial charge is 0.348 e. The number of nitrogens with zero attached hydrogens (tertiary/aromatic N) is 1. The highest BCUT2D eigenvalue weighted by Crippen LogP contribution is 2.29. The van der Waals surface area contributed by atoms with Crippen LogP contribution in [0.1, 0.15) is 48.4 Å². The monoisotopic (exact) mass is 362 g/mol. The van der Waals surface area contributed by atoms with Gasteiger partial charge in [0.2, 0.25) is 5.91 Å². The van der Waals surface area contributed by atoms with Crippen molar-refractivity contribution in [2.24, 2.45) is 5.92 Å². The van der Waals surface area contributed by atoms with Crippen molar-refractivity contribution in [2.75, 3.05) is 19.6 Å². The van der Waals surface area contributed by atoms with Crippen LogP contribution in [0.15, 0.2) is 54.6 Å². The van der Waals surface area contributed by atoms with Crippen molar-refractivity contribution >= 4 is 5.91 Å². The Labute approximate surface area is 162 Å². The van der Waals surface area contributed by atoms with Crippen LogP contribution in [0.2, 0.25) is 0 Å². The lowest BCUT2D eigenvalue weighted by Crippen LogP contribution is -2.43. The Kier molecular flexibility index (Phi) is 5.88. The molecule has 2 aliphatic rings. The third kappa shape index (κ3) is 4.78. The van der Waals surface area contributed by atoms with E-state index in [1.54, 1.807) is 0 Å². The second kappa shape index (κ2) is 8.71. The third-order valence-corrected chi connectivity index (χ3v) is 6.15. The summed E-state index contributed by atoms with van der Waals surface area (Å²) < 4.78 is 0. The van der Waals surface area contributed by atoms with E-state index < -0.39 is 0 Å². The van der Waals surface area contributed by atoms with Gasteiger partial charge in [-0.15, -0.1) is 0 Å². The van der Waals surface area contributed by atoms with Gasteiger partial charge in [0, 0.05) is 0 Å². The molecule has 1 unspecified atom stereocenters. The lowest BCUT2D eigenvalue weighted by atomic mass is 9.87. The summed E-state index contributed by atoms with van der Waals surface area (Å²) >= 11 is 0. The molecule has 3 nitrogen and oxygen atoms in total. The van der Waals surface area contributed by atoms with Gasteiger partial charge in [0.05, 0.1) is 12.6 Å². The molecular formula is C24H30N2O. The topological polar surface area (TPSA) is 32.3 Å². The number of piperidine rings is 1. The van der Waals surface area contributed by atoms with Crippen molar-refractivity contribution in [3.05, 3.63) is 71.3 Å². The van der Waals surface area contributed by atoms with E-state index in [2.05, 4.69) is 64.8 Å². The van der Waals surface area contributed by atoms with Gasteiger partial charge >= 0.3 is 0 Å². The molecule has 142 valence electrons. The number of aryl methyl sites for hydroxylation is 1. The quantitative estimate of drug-likeness (QED) is 0.867. The average molecular weight is 363 g/mol. The molecule has 1 heterocycles. The van der Waals surface area contributed by atoms with Crippen LogP contribution in [0.3, 0.4) is 0 Å². The number of nitrogens with one attached hydrogen (secondary N) is 1. The van der Waals surface area contributed by atoms with E-state index in [0.717, 1.165) is 38.3 Å². The number of carbonyl (C=O) groups excluding carboxylic acids is 1. The third-order valence-electron chi connectivity index (χ3n) is 6.15. The molecule has 1 aliphatic heterocycles. The molecule has 27 heavy (non-hydrogen) atoms. The molecule has 0 saturated carbocycles. The standard InChI is InChI=1S/C24H30N2O/c27-24(25-23-12-6-10-21-9-4-5-11-22(21)23)18-26-15-13-20(14-16-26)17-19-7-2-1-3-8-19/h1-5,7-9,11,20,23H,6,10,12-18H2,(H,25,27). The summed E-state index contributed by atoms with van der Waals surface area (Å²) in [5.74, 6) is 0.926. The molecule has 0 aromatic heterocycles. The van der Waals surface area contributed by atoms with Crippen molar-refractivity contribution in [1.82, 2.24) is 10.2 Å². The highest BCUT2D eigenvalue weighted by atomic mass is 16.2. The summed E-state index contributed by atoms with van der Waals surface area (Å²) in [6.07, 6.45) is 6.90. The van der Waals surface area contributed by atoms with Gasteiger partial charge in [-0.3, -0.25) is 9.69 Å². The van der Waals surface area contributed by atoms with Crippen molar-refractivity contribution in [1.29, 1.82) is 0 Å². The van der Waals surface area contributed by atoms with E-state index in [1.165, 1.54) is 36.0 Å². The Bertz CT molecular complexity index is 750. The van der Waals surface area contributed by atoms with Crippen molar-refractivity contribution in [2.45, 2.75) is 44.6 Å². The minimum atomic E-state index is 0.179. The molecule has 4 rings (SSSR count). The predicted octanol–water partition coefficient (Wildman–Crippen LogP) is 4.13. The van der Waals surface area contributed by atoms with Crippen LogP contribution in [-0.2, 0) is 17.6 Å². The van der Waals surface area contributed by atoms with Crippen LogP contribution in [0.5, 0.6) is 0 Å². The zero-order valence-corrected chi connectivity index (χ0v) is 16.1. The molecule has 0 bridgehead atoms. The first-order valence-electron chi connectivity index (χ1n) is 10.4. The number of likely N-dealkylation sites (tertiary alicyclic amines) is 1. The number of fused-ring (bicyclic) bond motifs is 1. The minimum Gasteiger partial charge on any atom is -0.348 e. The van der Waals surface area contributed by atoms with Crippen molar-refractivity contribution < 1.29 is 4.79 Å². The number of amides is 1. The molecule has 1 amide bonds. The van der Waals surface area contributed by atoms with E-state index in [1.807, 2.05) is 0 Å². The molecule has 0 radical (unpaired) electrons. The number of rotatable bonds is 5. The van der Waals surface area contributed by atoms with Crippen LogP contribution in [0, 0.1) is 5.92 Å². The molecule has 1 N–H and O–H groups in total. The van der Waals surface area contributed by atoms with Crippen LogP contribution in [0.4, 0.5) is 0 Å². The maximum absolute atomic E-state index is 12.6. The molecule has 2 aromatic rings. The lowest BCUT2D eigenvalue weighted by Gasteiger charge is -2.32. The summed E-state index contributed by atoms with van der Waals surface area (Å²) in [5.41, 5.74) is 4.15. The Morgan fingerprint density at radius 3 is 2.52 bits per heavy atom. The fourth-order valence-electron chi connectivity index (χ4n) is 4.64. The summed E-state index contributed by atoms with van der Waals surface area (Å²) in [6.45, 7) is 2.61. The second-order valence-electron chi connectivity index (χ2n) is 8.12. The van der Waals surface area contributed by atoms with Gasteiger partial charge in [-0.25, -0.2) is 0 Å². The van der Waals surface area contributed by atoms with E-state index in [-0.39, 0.29) is 11.9 Å². The Balaban J connectivity index is 1.24. The Morgan fingerprint density at radius 1 is 0.963 bits per heavy atom. The van der Waals surface area contributed by atoms with Gasteiger partial charge < -0.3 is 5.32 Å². The second-order valence-corrected chi connectivity index (χ2v) is 8.12. The maximum Gasteiger partial charge on any atom is 0.234 e. The summed E-state index contributed by atoms with van der Waals surface area (Å²) in [7, 11) is 0. The fraction of sp³-hybridized carbons (Fsp3) is 0.458. The number of hydrogen-bond donors (Lipinski definition) is 1. The lowest BCUT2D eigenvalue weighted by molar-refractivity contribution is -0.123. The Morgan fingerprint density at radius 2 is 1.70 bits per heavy atom.